The van der Waals surface area contributed by atoms with Gasteiger partial charge in [-0.05, 0) is 19.4 Å². The van der Waals surface area contributed by atoms with Crippen molar-refractivity contribution in [2.75, 3.05) is 25.1 Å². The number of carbonyl (C=O) groups is 2. The zero-order chi connectivity index (χ0) is 16.2. The lowest BCUT2D eigenvalue weighted by atomic mass is 10.0. The van der Waals surface area contributed by atoms with Gasteiger partial charge in [0.05, 0.1) is 25.4 Å². The van der Waals surface area contributed by atoms with Gasteiger partial charge in [-0.15, -0.1) is 11.3 Å². The van der Waals surface area contributed by atoms with Crippen molar-refractivity contribution in [1.82, 2.24) is 5.32 Å². The standard InChI is InChI=1S/C12H18N2O6S/c1-6-7(2)21-9(8(6)10(18)19)13-11(20)14-12(3-15,4-16)5-17/h15-17H,3-5H2,1-2H3,(H,18,19)(H2,13,14,20). The Bertz CT molecular complexity index is 530. The molecule has 0 bridgehead atoms. The molecule has 6 N–H and O–H groups in total. The van der Waals surface area contributed by atoms with Crippen molar-refractivity contribution in [3.8, 4) is 0 Å². The summed E-state index contributed by atoms with van der Waals surface area (Å²) in [6.45, 7) is 1.37. The van der Waals surface area contributed by atoms with Crippen molar-refractivity contribution in [1.29, 1.82) is 0 Å². The van der Waals surface area contributed by atoms with E-state index < -0.39 is 37.4 Å². The van der Waals surface area contributed by atoms with Crippen LogP contribution < -0.4 is 10.6 Å². The van der Waals surface area contributed by atoms with E-state index in [1.165, 1.54) is 0 Å². The highest BCUT2D eigenvalue weighted by atomic mass is 32.1. The highest BCUT2D eigenvalue weighted by Gasteiger charge is 2.30. The number of anilines is 1. The second kappa shape index (κ2) is 6.85. The zero-order valence-electron chi connectivity index (χ0n) is 11.6. The van der Waals surface area contributed by atoms with Crippen LogP contribution in [0.4, 0.5) is 9.80 Å². The largest absolute Gasteiger partial charge is 0.478 e. The molecule has 0 aliphatic rings. The van der Waals surface area contributed by atoms with Crippen molar-refractivity contribution >= 4 is 28.3 Å². The van der Waals surface area contributed by atoms with E-state index in [9.17, 15) is 9.59 Å². The quantitative estimate of drug-likeness (QED) is 0.433. The van der Waals surface area contributed by atoms with Crippen LogP contribution in [0.5, 0.6) is 0 Å². The molecular formula is C12H18N2O6S. The second-order valence-corrected chi connectivity index (χ2v) is 5.85. The number of aryl methyl sites for hydroxylation is 1. The molecule has 0 radical (unpaired) electrons. The lowest BCUT2D eigenvalue weighted by Gasteiger charge is -2.28. The van der Waals surface area contributed by atoms with Gasteiger partial charge in [0.15, 0.2) is 0 Å². The van der Waals surface area contributed by atoms with E-state index in [0.717, 1.165) is 16.2 Å². The molecule has 0 unspecified atom stereocenters. The third-order valence-electron chi connectivity index (χ3n) is 3.11. The summed E-state index contributed by atoms with van der Waals surface area (Å²) < 4.78 is 0. The summed E-state index contributed by atoms with van der Waals surface area (Å²) in [6.07, 6.45) is 0. The number of amides is 2. The van der Waals surface area contributed by atoms with Gasteiger partial charge in [-0.1, -0.05) is 0 Å². The number of aromatic carboxylic acids is 1. The molecule has 0 saturated heterocycles. The fourth-order valence-corrected chi connectivity index (χ4v) is 2.66. The minimum absolute atomic E-state index is 0.00440. The number of carboxylic acids is 1. The lowest BCUT2D eigenvalue weighted by molar-refractivity contribution is 0.0507. The molecule has 118 valence electrons. The van der Waals surface area contributed by atoms with Crippen LogP contribution in [0.1, 0.15) is 20.8 Å². The summed E-state index contributed by atoms with van der Waals surface area (Å²) >= 11 is 1.11. The smallest absolute Gasteiger partial charge is 0.338 e. The van der Waals surface area contributed by atoms with Crippen LogP contribution in [-0.2, 0) is 0 Å². The third-order valence-corrected chi connectivity index (χ3v) is 4.24. The minimum Gasteiger partial charge on any atom is -0.478 e. The van der Waals surface area contributed by atoms with Gasteiger partial charge in [0, 0.05) is 4.88 Å². The predicted molar refractivity (Wildman–Crippen MR) is 76.9 cm³/mol. The van der Waals surface area contributed by atoms with Crippen molar-refractivity contribution in [2.45, 2.75) is 19.4 Å². The molecule has 8 nitrogen and oxygen atoms in total. The molecule has 0 aromatic carbocycles. The maximum Gasteiger partial charge on any atom is 0.338 e. The molecule has 9 heteroatoms. The Morgan fingerprint density at radius 3 is 2.10 bits per heavy atom. The maximum absolute atomic E-state index is 11.9. The monoisotopic (exact) mass is 318 g/mol. The van der Waals surface area contributed by atoms with E-state index in [0.29, 0.717) is 5.56 Å². The summed E-state index contributed by atoms with van der Waals surface area (Å²) in [5.74, 6) is -1.16. The Labute approximate surface area is 125 Å². The minimum atomic E-state index is -1.57. The molecule has 0 spiro atoms. The van der Waals surface area contributed by atoms with Crippen LogP contribution in [0.3, 0.4) is 0 Å². The number of nitrogens with one attached hydrogen (secondary N) is 2. The molecule has 1 aromatic rings. The van der Waals surface area contributed by atoms with Gasteiger partial charge < -0.3 is 25.7 Å². The van der Waals surface area contributed by atoms with Crippen LogP contribution in [0.15, 0.2) is 0 Å². The molecule has 0 saturated carbocycles. The summed E-state index contributed by atoms with van der Waals surface area (Å²) in [4.78, 5) is 23.8. The van der Waals surface area contributed by atoms with Crippen LogP contribution in [0.2, 0.25) is 0 Å². The first-order valence-corrected chi connectivity index (χ1v) is 6.87. The van der Waals surface area contributed by atoms with Crippen molar-refractivity contribution < 1.29 is 30.0 Å². The number of rotatable bonds is 6. The van der Waals surface area contributed by atoms with Gasteiger partial charge in [0.2, 0.25) is 0 Å². The van der Waals surface area contributed by atoms with E-state index in [-0.39, 0.29) is 10.6 Å². The van der Waals surface area contributed by atoms with E-state index in [2.05, 4.69) is 10.6 Å². The normalized spacial score (nSPS) is 11.3. The fourth-order valence-electron chi connectivity index (χ4n) is 1.62. The number of carboxylic acid groups (broad SMARTS) is 1. The topological polar surface area (TPSA) is 139 Å². The molecule has 0 aliphatic heterocycles. The number of hydrogen-bond donors (Lipinski definition) is 6. The molecule has 1 heterocycles. The van der Waals surface area contributed by atoms with Gasteiger partial charge in [0.25, 0.3) is 0 Å². The SMILES string of the molecule is Cc1sc(NC(=O)NC(CO)(CO)CO)c(C(=O)O)c1C. The third kappa shape index (κ3) is 3.70. The van der Waals surface area contributed by atoms with E-state index in [4.69, 9.17) is 20.4 Å². The van der Waals surface area contributed by atoms with E-state index in [1.807, 2.05) is 0 Å². The first kappa shape index (κ1) is 17.4. The number of hydrogen-bond acceptors (Lipinski definition) is 6. The van der Waals surface area contributed by atoms with Gasteiger partial charge in [-0.25, -0.2) is 9.59 Å². The zero-order valence-corrected chi connectivity index (χ0v) is 12.5. The summed E-state index contributed by atoms with van der Waals surface area (Å²) in [5.41, 5.74) is -1.02. The highest BCUT2D eigenvalue weighted by molar-refractivity contribution is 7.16. The number of aliphatic hydroxyl groups is 3. The highest BCUT2D eigenvalue weighted by Crippen LogP contribution is 2.32. The second-order valence-electron chi connectivity index (χ2n) is 4.63. The summed E-state index contributed by atoms with van der Waals surface area (Å²) in [7, 11) is 0. The molecule has 0 fully saturated rings. The number of carbonyl (C=O) groups excluding carboxylic acids is 1. The first-order valence-electron chi connectivity index (χ1n) is 6.05. The predicted octanol–water partition coefficient (Wildman–Crippen LogP) is -0.0997. The molecule has 21 heavy (non-hydrogen) atoms. The Hall–Kier alpha value is -1.68. The Balaban J connectivity index is 2.94. The van der Waals surface area contributed by atoms with Gasteiger partial charge in [-0.3, -0.25) is 5.32 Å². The van der Waals surface area contributed by atoms with Crippen molar-refractivity contribution in [3.63, 3.8) is 0 Å². The van der Waals surface area contributed by atoms with Gasteiger partial charge >= 0.3 is 12.0 Å². The fraction of sp³-hybridized carbons (Fsp3) is 0.500. The molecule has 0 aliphatic carbocycles. The van der Waals surface area contributed by atoms with Gasteiger partial charge in [-0.2, -0.15) is 0 Å². The van der Waals surface area contributed by atoms with Crippen molar-refractivity contribution in [3.05, 3.63) is 16.0 Å². The first-order chi connectivity index (χ1) is 9.80. The molecule has 1 aromatic heterocycles. The van der Waals surface area contributed by atoms with Crippen LogP contribution in [-0.4, -0.2) is 57.8 Å². The van der Waals surface area contributed by atoms with E-state index in [1.54, 1.807) is 13.8 Å². The van der Waals surface area contributed by atoms with Crippen molar-refractivity contribution in [2.24, 2.45) is 0 Å². The molecular weight excluding hydrogens is 300 g/mol. The number of aliphatic hydroxyl groups excluding tert-OH is 3. The Morgan fingerprint density at radius 1 is 1.14 bits per heavy atom. The average molecular weight is 318 g/mol. The van der Waals surface area contributed by atoms with Crippen LogP contribution in [0, 0.1) is 13.8 Å². The summed E-state index contributed by atoms with van der Waals surface area (Å²) in [5, 5.41) is 41.3. The van der Waals surface area contributed by atoms with Gasteiger partial charge in [0.1, 0.15) is 10.5 Å². The molecule has 1 rings (SSSR count). The lowest BCUT2D eigenvalue weighted by Crippen LogP contribution is -2.58. The van der Waals surface area contributed by atoms with Crippen LogP contribution in [0.25, 0.3) is 0 Å². The average Bonchev–Trinajstić information content (AvgIpc) is 2.71. The Kier molecular flexibility index (Phi) is 5.67. The maximum atomic E-state index is 11.9. The molecule has 2 amide bonds. The van der Waals surface area contributed by atoms with Crippen LogP contribution >= 0.6 is 11.3 Å². The number of urea groups is 1. The Morgan fingerprint density at radius 2 is 1.67 bits per heavy atom. The summed E-state index contributed by atoms with van der Waals surface area (Å²) in [6, 6.07) is -0.823. The van der Waals surface area contributed by atoms with E-state index >= 15 is 0 Å². The molecule has 0 atom stereocenters. The number of thiophene rings is 1.